The molecule has 3 aromatic rings. The van der Waals surface area contributed by atoms with Crippen LogP contribution in [0.25, 0.3) is 11.4 Å². The number of benzene rings is 1. The van der Waals surface area contributed by atoms with Gasteiger partial charge in [-0.05, 0) is 12.1 Å². The third kappa shape index (κ3) is 4.89. The molecule has 170 valence electrons. The lowest BCUT2D eigenvalue weighted by Crippen LogP contribution is -2.37. The molecule has 1 fully saturated rings. The van der Waals surface area contributed by atoms with E-state index in [1.807, 2.05) is 12.1 Å². The second kappa shape index (κ2) is 10.2. The fourth-order valence-electron chi connectivity index (χ4n) is 3.28. The Kier molecular flexibility index (Phi) is 6.97. The summed E-state index contributed by atoms with van der Waals surface area (Å²) in [5, 5.41) is 4.04. The monoisotopic (exact) mass is 443 g/mol. The van der Waals surface area contributed by atoms with Crippen molar-refractivity contribution in [1.82, 2.24) is 20.1 Å². The molecule has 0 bridgehead atoms. The van der Waals surface area contributed by atoms with E-state index in [0.29, 0.717) is 79.2 Å². The summed E-state index contributed by atoms with van der Waals surface area (Å²) in [7, 11) is 4.75. The molecule has 0 N–H and O–H groups in total. The van der Waals surface area contributed by atoms with Crippen molar-refractivity contribution in [2.24, 2.45) is 0 Å². The minimum atomic E-state index is 0.0469. The predicted molar refractivity (Wildman–Crippen MR) is 113 cm³/mol. The topological polar surface area (TPSA) is 114 Å². The maximum atomic E-state index is 5.84. The van der Waals surface area contributed by atoms with Crippen LogP contribution >= 0.6 is 0 Å². The largest absolute Gasteiger partial charge is 0.493 e. The highest BCUT2D eigenvalue weighted by Gasteiger charge is 2.19. The van der Waals surface area contributed by atoms with Crippen LogP contribution in [0.3, 0.4) is 0 Å². The van der Waals surface area contributed by atoms with Crippen molar-refractivity contribution in [2.45, 2.75) is 13.2 Å². The molecule has 1 aromatic carbocycles. The van der Waals surface area contributed by atoms with Gasteiger partial charge in [0, 0.05) is 26.3 Å². The average Bonchev–Trinajstić information content (AvgIpc) is 3.31. The van der Waals surface area contributed by atoms with E-state index in [4.69, 9.17) is 28.2 Å². The van der Waals surface area contributed by atoms with Gasteiger partial charge in [-0.2, -0.15) is 9.97 Å². The highest BCUT2D eigenvalue weighted by atomic mass is 16.5. The van der Waals surface area contributed by atoms with E-state index >= 15 is 0 Å². The molecule has 1 aliphatic heterocycles. The number of hydrogen-bond donors (Lipinski definition) is 0. The first-order valence-electron chi connectivity index (χ1n) is 10.1. The number of morpholine rings is 1. The Morgan fingerprint density at radius 3 is 2.59 bits per heavy atom. The lowest BCUT2D eigenvalue weighted by Gasteiger charge is -2.27. The second-order valence-corrected chi connectivity index (χ2v) is 6.87. The molecule has 11 heteroatoms. The summed E-state index contributed by atoms with van der Waals surface area (Å²) in [6, 6.07) is 7.18. The number of ether oxygens (including phenoxy) is 5. The lowest BCUT2D eigenvalue weighted by atomic mass is 10.1. The zero-order valence-corrected chi connectivity index (χ0v) is 18.2. The van der Waals surface area contributed by atoms with E-state index in [1.165, 1.54) is 0 Å². The Morgan fingerprint density at radius 1 is 1.00 bits per heavy atom. The molecular weight excluding hydrogens is 418 g/mol. The van der Waals surface area contributed by atoms with Gasteiger partial charge in [0.2, 0.25) is 17.7 Å². The van der Waals surface area contributed by atoms with Gasteiger partial charge in [0.1, 0.15) is 0 Å². The van der Waals surface area contributed by atoms with E-state index in [0.717, 1.165) is 0 Å². The summed E-state index contributed by atoms with van der Waals surface area (Å²) in [4.78, 5) is 15.6. The number of anilines is 1. The molecule has 0 radical (unpaired) electrons. The summed E-state index contributed by atoms with van der Waals surface area (Å²) in [6.45, 7) is 3.08. The summed E-state index contributed by atoms with van der Waals surface area (Å²) in [5.74, 6) is 2.74. The first-order valence-corrected chi connectivity index (χ1v) is 10.1. The van der Waals surface area contributed by atoms with E-state index in [1.54, 1.807) is 33.5 Å². The van der Waals surface area contributed by atoms with Crippen molar-refractivity contribution in [1.29, 1.82) is 0 Å². The number of nitrogens with zero attached hydrogens (tertiary/aromatic N) is 5. The van der Waals surface area contributed by atoms with Gasteiger partial charge in [0.15, 0.2) is 18.1 Å². The van der Waals surface area contributed by atoms with E-state index in [9.17, 15) is 0 Å². The minimum absolute atomic E-state index is 0.0469. The van der Waals surface area contributed by atoms with Gasteiger partial charge in [-0.1, -0.05) is 11.2 Å². The van der Waals surface area contributed by atoms with Gasteiger partial charge >= 0.3 is 0 Å². The fraction of sp³-hybridized carbons (Fsp3) is 0.429. The Morgan fingerprint density at radius 2 is 1.84 bits per heavy atom. The first kappa shape index (κ1) is 21.8. The van der Waals surface area contributed by atoms with Crippen molar-refractivity contribution < 1.29 is 28.2 Å². The lowest BCUT2D eigenvalue weighted by molar-refractivity contribution is 0.121. The van der Waals surface area contributed by atoms with Crippen LogP contribution in [0.15, 0.2) is 28.8 Å². The van der Waals surface area contributed by atoms with E-state index < -0.39 is 0 Å². The van der Waals surface area contributed by atoms with Crippen LogP contribution in [0.5, 0.6) is 17.4 Å². The molecule has 0 amide bonds. The Balaban J connectivity index is 1.51. The van der Waals surface area contributed by atoms with Crippen molar-refractivity contribution in [3.8, 4) is 28.8 Å². The predicted octanol–water partition coefficient (Wildman–Crippen LogP) is 2.11. The minimum Gasteiger partial charge on any atom is -0.493 e. The van der Waals surface area contributed by atoms with E-state index in [-0.39, 0.29) is 6.61 Å². The maximum absolute atomic E-state index is 5.84. The molecule has 0 atom stereocenters. The van der Waals surface area contributed by atoms with Crippen LogP contribution in [-0.4, -0.2) is 67.7 Å². The maximum Gasteiger partial charge on any atom is 0.264 e. The van der Waals surface area contributed by atoms with Crippen molar-refractivity contribution in [2.75, 3.05) is 52.5 Å². The number of rotatable bonds is 9. The van der Waals surface area contributed by atoms with Gasteiger partial charge in [-0.25, -0.2) is 4.98 Å². The first-order chi connectivity index (χ1) is 15.7. The van der Waals surface area contributed by atoms with E-state index in [2.05, 4.69) is 25.0 Å². The molecule has 4 rings (SSSR count). The van der Waals surface area contributed by atoms with Crippen LogP contribution < -0.4 is 19.1 Å². The Labute approximate surface area is 185 Å². The zero-order chi connectivity index (χ0) is 22.3. The molecule has 0 aliphatic carbocycles. The molecule has 2 aromatic heterocycles. The molecule has 1 saturated heterocycles. The Hall–Kier alpha value is -3.44. The van der Waals surface area contributed by atoms with Gasteiger partial charge in [-0.15, -0.1) is 0 Å². The summed E-state index contributed by atoms with van der Waals surface area (Å²) in [5.41, 5.74) is 1.37. The van der Waals surface area contributed by atoms with Crippen LogP contribution in [0.2, 0.25) is 0 Å². The molecule has 0 unspecified atom stereocenters. The van der Waals surface area contributed by atoms with Crippen LogP contribution in [0.4, 0.5) is 5.95 Å². The molecule has 3 heterocycles. The normalized spacial score (nSPS) is 13.8. The standard InChI is InChI=1S/C21H25N5O6/c1-27-12-14-11-17(24-21(22-14)26-7-9-30-10-8-26)31-13-18-23-20(25-32-18)15-5-4-6-16(28-2)19(15)29-3/h4-6,11H,7-10,12-13H2,1-3H3. The van der Waals surface area contributed by atoms with Gasteiger partial charge in [0.05, 0.1) is 45.3 Å². The molecule has 11 nitrogen and oxygen atoms in total. The average molecular weight is 443 g/mol. The van der Waals surface area contributed by atoms with Crippen molar-refractivity contribution in [3.63, 3.8) is 0 Å². The molecule has 0 spiro atoms. The molecule has 0 saturated carbocycles. The fourth-order valence-corrected chi connectivity index (χ4v) is 3.28. The van der Waals surface area contributed by atoms with Crippen LogP contribution in [0.1, 0.15) is 11.6 Å². The quantitative estimate of drug-likeness (QED) is 0.484. The summed E-state index contributed by atoms with van der Waals surface area (Å²) < 4.78 is 32.6. The van der Waals surface area contributed by atoms with Crippen molar-refractivity contribution >= 4 is 5.95 Å². The third-order valence-electron chi connectivity index (χ3n) is 4.79. The van der Waals surface area contributed by atoms with Crippen molar-refractivity contribution in [3.05, 3.63) is 35.9 Å². The van der Waals surface area contributed by atoms with Gasteiger partial charge in [0.25, 0.3) is 5.89 Å². The summed E-state index contributed by atoms with van der Waals surface area (Å²) >= 11 is 0. The number of hydrogen-bond acceptors (Lipinski definition) is 11. The summed E-state index contributed by atoms with van der Waals surface area (Å²) in [6.07, 6.45) is 0. The number of aromatic nitrogens is 4. The SMILES string of the molecule is COCc1cc(OCc2nc(-c3cccc(OC)c3OC)no2)nc(N2CCOCC2)n1. The molecule has 32 heavy (non-hydrogen) atoms. The molecular formula is C21H25N5O6. The third-order valence-corrected chi connectivity index (χ3v) is 4.79. The zero-order valence-electron chi connectivity index (χ0n) is 18.2. The van der Waals surface area contributed by atoms with Crippen LogP contribution in [0, 0.1) is 0 Å². The van der Waals surface area contributed by atoms with Crippen LogP contribution in [-0.2, 0) is 22.7 Å². The Bertz CT molecular complexity index is 1040. The second-order valence-electron chi connectivity index (χ2n) is 6.87. The van der Waals surface area contributed by atoms with Gasteiger partial charge < -0.3 is 33.1 Å². The van der Waals surface area contributed by atoms with Gasteiger partial charge in [-0.3, -0.25) is 0 Å². The number of para-hydroxylation sites is 1. The highest BCUT2D eigenvalue weighted by molar-refractivity contribution is 5.68. The number of methoxy groups -OCH3 is 3. The smallest absolute Gasteiger partial charge is 0.264 e. The highest BCUT2D eigenvalue weighted by Crippen LogP contribution is 2.36. The molecule has 1 aliphatic rings.